The Morgan fingerprint density at radius 3 is 2.62 bits per heavy atom. The second-order valence-electron chi connectivity index (χ2n) is 2.89. The zero-order valence-electron chi connectivity index (χ0n) is 7.92. The molecule has 82 valence electrons. The molecule has 6 heteroatoms. The first kappa shape index (κ1) is 11.6. The van der Waals surface area contributed by atoms with Crippen LogP contribution in [-0.2, 0) is 0 Å². The van der Waals surface area contributed by atoms with Gasteiger partial charge in [-0.15, -0.1) is 0 Å². The van der Waals surface area contributed by atoms with Crippen molar-refractivity contribution in [2.75, 3.05) is 0 Å². The summed E-state index contributed by atoms with van der Waals surface area (Å²) in [6.07, 6.45) is 0. The first-order chi connectivity index (χ1) is 7.66. The van der Waals surface area contributed by atoms with Crippen LogP contribution in [0.4, 0.5) is 5.00 Å². The predicted molar refractivity (Wildman–Crippen MR) is 69.2 cm³/mol. The molecule has 2 rings (SSSR count). The highest BCUT2D eigenvalue weighted by Crippen LogP contribution is 2.42. The van der Waals surface area contributed by atoms with E-state index >= 15 is 0 Å². The molecule has 2 aromatic rings. The molecule has 0 spiro atoms. The highest BCUT2D eigenvalue weighted by molar-refractivity contribution is 9.11. The molecule has 0 aliphatic rings. The van der Waals surface area contributed by atoms with Gasteiger partial charge >= 0.3 is 5.00 Å². The summed E-state index contributed by atoms with van der Waals surface area (Å²) in [5, 5.41) is 11.0. The topological polar surface area (TPSA) is 43.1 Å². The molecular weight excluding hydrogens is 310 g/mol. The fourth-order valence-electron chi connectivity index (χ4n) is 1.15. The lowest BCUT2D eigenvalue weighted by molar-refractivity contribution is -0.382. The first-order valence-corrected chi connectivity index (χ1v) is 6.76. The van der Waals surface area contributed by atoms with Gasteiger partial charge in [-0.2, -0.15) is 0 Å². The fourth-order valence-corrected chi connectivity index (χ4v) is 3.80. The van der Waals surface area contributed by atoms with E-state index < -0.39 is 0 Å². The van der Waals surface area contributed by atoms with E-state index in [2.05, 4.69) is 15.9 Å². The molecule has 0 aliphatic heterocycles. The van der Waals surface area contributed by atoms with Gasteiger partial charge in [0.15, 0.2) is 0 Å². The molecule has 0 bridgehead atoms. The van der Waals surface area contributed by atoms with Crippen molar-refractivity contribution < 1.29 is 4.92 Å². The van der Waals surface area contributed by atoms with E-state index in [4.69, 9.17) is 0 Å². The van der Waals surface area contributed by atoms with Crippen molar-refractivity contribution in [3.8, 4) is 0 Å². The van der Waals surface area contributed by atoms with Crippen LogP contribution < -0.4 is 0 Å². The van der Waals surface area contributed by atoms with E-state index in [0.29, 0.717) is 4.90 Å². The van der Waals surface area contributed by atoms with E-state index in [9.17, 15) is 10.1 Å². The van der Waals surface area contributed by atoms with Gasteiger partial charge in [0.05, 0.1) is 8.71 Å². The van der Waals surface area contributed by atoms with Gasteiger partial charge in [0, 0.05) is 4.90 Å². The second kappa shape index (κ2) is 4.99. The van der Waals surface area contributed by atoms with E-state index in [1.54, 1.807) is 6.07 Å². The summed E-state index contributed by atoms with van der Waals surface area (Å²) in [4.78, 5) is 12.1. The summed E-state index contributed by atoms with van der Waals surface area (Å²) in [5.41, 5.74) is 0. The molecule has 1 aromatic carbocycles. The van der Waals surface area contributed by atoms with Crippen LogP contribution in [0.25, 0.3) is 0 Å². The standard InChI is InChI=1S/C10H6BrNO2S2/c11-9-6-8(10(16-9)12(13)14)15-7-4-2-1-3-5-7/h1-6H. The molecule has 0 saturated heterocycles. The minimum Gasteiger partial charge on any atom is -0.258 e. The zero-order chi connectivity index (χ0) is 11.5. The second-order valence-corrected chi connectivity index (χ2v) is 6.42. The summed E-state index contributed by atoms with van der Waals surface area (Å²) in [6.45, 7) is 0. The molecular formula is C10H6BrNO2S2. The van der Waals surface area contributed by atoms with Crippen LogP contribution in [-0.4, -0.2) is 4.92 Å². The summed E-state index contributed by atoms with van der Waals surface area (Å²) in [7, 11) is 0. The molecule has 0 saturated carbocycles. The Bertz CT molecular complexity index is 513. The van der Waals surface area contributed by atoms with Crippen molar-refractivity contribution in [3.05, 3.63) is 50.3 Å². The van der Waals surface area contributed by atoms with Gasteiger partial charge in [-0.25, -0.2) is 0 Å². The minimum atomic E-state index is -0.347. The lowest BCUT2D eigenvalue weighted by atomic mass is 10.4. The van der Waals surface area contributed by atoms with Gasteiger partial charge in [-0.05, 0) is 34.1 Å². The lowest BCUT2D eigenvalue weighted by Crippen LogP contribution is -1.84. The van der Waals surface area contributed by atoms with Crippen molar-refractivity contribution in [3.63, 3.8) is 0 Å². The monoisotopic (exact) mass is 315 g/mol. The third-order valence-corrected chi connectivity index (χ3v) is 4.54. The Morgan fingerprint density at radius 1 is 1.31 bits per heavy atom. The van der Waals surface area contributed by atoms with Gasteiger partial charge in [-0.3, -0.25) is 10.1 Å². The zero-order valence-corrected chi connectivity index (χ0v) is 11.1. The number of hydrogen-bond donors (Lipinski definition) is 0. The average Bonchev–Trinajstić information content (AvgIpc) is 2.61. The van der Waals surface area contributed by atoms with Crippen LogP contribution in [0.15, 0.2) is 50.0 Å². The molecule has 0 fully saturated rings. The molecule has 3 nitrogen and oxygen atoms in total. The van der Waals surface area contributed by atoms with Crippen LogP contribution in [0.3, 0.4) is 0 Å². The number of nitro groups is 1. The Hall–Kier alpha value is -0.850. The molecule has 0 unspecified atom stereocenters. The number of hydrogen-bond acceptors (Lipinski definition) is 4. The third kappa shape index (κ3) is 2.63. The molecule has 1 aromatic heterocycles. The third-order valence-electron chi connectivity index (χ3n) is 1.79. The molecule has 0 aliphatic carbocycles. The SMILES string of the molecule is O=[N+]([O-])c1sc(Br)cc1Sc1ccccc1. The summed E-state index contributed by atoms with van der Waals surface area (Å²) < 4.78 is 0.776. The smallest absolute Gasteiger partial charge is 0.258 e. The number of halogens is 1. The highest BCUT2D eigenvalue weighted by atomic mass is 79.9. The van der Waals surface area contributed by atoms with Gasteiger partial charge in [-0.1, -0.05) is 41.3 Å². The van der Waals surface area contributed by atoms with Gasteiger partial charge in [0.1, 0.15) is 4.90 Å². The van der Waals surface area contributed by atoms with Gasteiger partial charge in [0.25, 0.3) is 0 Å². The highest BCUT2D eigenvalue weighted by Gasteiger charge is 2.19. The largest absolute Gasteiger partial charge is 0.339 e. The van der Waals surface area contributed by atoms with Crippen LogP contribution in [0, 0.1) is 10.1 Å². The molecule has 1 heterocycles. The fraction of sp³-hybridized carbons (Fsp3) is 0. The van der Waals surface area contributed by atoms with Crippen LogP contribution in [0.1, 0.15) is 0 Å². The van der Waals surface area contributed by atoms with Crippen molar-refractivity contribution >= 4 is 44.0 Å². The Kier molecular flexibility index (Phi) is 3.63. The average molecular weight is 316 g/mol. The lowest BCUT2D eigenvalue weighted by Gasteiger charge is -1.97. The summed E-state index contributed by atoms with van der Waals surface area (Å²) >= 11 is 5.81. The van der Waals surface area contributed by atoms with Crippen molar-refractivity contribution in [2.24, 2.45) is 0 Å². The maximum atomic E-state index is 10.8. The Morgan fingerprint density at radius 2 is 2.00 bits per heavy atom. The molecule has 0 atom stereocenters. The maximum absolute atomic E-state index is 10.8. The normalized spacial score (nSPS) is 10.3. The van der Waals surface area contributed by atoms with Gasteiger partial charge < -0.3 is 0 Å². The van der Waals surface area contributed by atoms with Crippen LogP contribution in [0.5, 0.6) is 0 Å². The number of thiophene rings is 1. The van der Waals surface area contributed by atoms with Crippen molar-refractivity contribution in [2.45, 2.75) is 9.79 Å². The molecule has 0 N–H and O–H groups in total. The Balaban J connectivity index is 2.31. The number of benzene rings is 1. The molecule has 0 radical (unpaired) electrons. The molecule has 16 heavy (non-hydrogen) atoms. The predicted octanol–water partition coefficient (Wildman–Crippen LogP) is 4.57. The van der Waals surface area contributed by atoms with Crippen LogP contribution >= 0.6 is 39.0 Å². The number of rotatable bonds is 3. The maximum Gasteiger partial charge on any atom is 0.339 e. The summed E-state index contributed by atoms with van der Waals surface area (Å²) in [6, 6.07) is 11.4. The van der Waals surface area contributed by atoms with Crippen molar-refractivity contribution in [1.82, 2.24) is 0 Å². The quantitative estimate of drug-likeness (QED) is 0.615. The number of nitrogens with zero attached hydrogens (tertiary/aromatic N) is 1. The van der Waals surface area contributed by atoms with Crippen LogP contribution in [0.2, 0.25) is 0 Å². The Labute approximate surface area is 109 Å². The van der Waals surface area contributed by atoms with E-state index in [1.807, 2.05) is 30.3 Å². The van der Waals surface area contributed by atoms with E-state index in [-0.39, 0.29) is 9.92 Å². The van der Waals surface area contributed by atoms with Gasteiger partial charge in [0.2, 0.25) is 0 Å². The van der Waals surface area contributed by atoms with E-state index in [1.165, 1.54) is 11.8 Å². The first-order valence-electron chi connectivity index (χ1n) is 4.33. The minimum absolute atomic E-state index is 0.181. The van der Waals surface area contributed by atoms with E-state index in [0.717, 1.165) is 20.0 Å². The molecule has 0 amide bonds. The summed E-state index contributed by atoms with van der Waals surface area (Å²) in [5.74, 6) is 0. The van der Waals surface area contributed by atoms with Crippen molar-refractivity contribution in [1.29, 1.82) is 0 Å².